The molecule has 0 aliphatic rings. The van der Waals surface area contributed by atoms with E-state index in [1.807, 2.05) is 12.1 Å². The van der Waals surface area contributed by atoms with Gasteiger partial charge in [0.05, 0.1) is 0 Å². The summed E-state index contributed by atoms with van der Waals surface area (Å²) in [4.78, 5) is 3.95. The topological polar surface area (TPSA) is 48.7 Å². The van der Waals surface area contributed by atoms with Crippen molar-refractivity contribution in [2.24, 2.45) is 0 Å². The minimum atomic E-state index is 0.489. The fourth-order valence-electron chi connectivity index (χ4n) is 1.71. The van der Waals surface area contributed by atoms with Crippen LogP contribution in [0.5, 0.6) is 0 Å². The van der Waals surface area contributed by atoms with Crippen LogP contribution >= 0.6 is 0 Å². The largest absolute Gasteiger partial charge is 0.310 e. The van der Waals surface area contributed by atoms with E-state index in [0.29, 0.717) is 11.7 Å². The molecule has 3 heteroatoms. The lowest BCUT2D eigenvalue weighted by Gasteiger charge is -2.15. The third-order valence-corrected chi connectivity index (χ3v) is 2.66. The van der Waals surface area contributed by atoms with Crippen LogP contribution in [0.15, 0.2) is 18.3 Å². The quantitative estimate of drug-likeness (QED) is 0.796. The molecular weight excluding hydrogens is 198 g/mol. The van der Waals surface area contributed by atoms with Gasteiger partial charge in [-0.1, -0.05) is 20.3 Å². The maximum Gasteiger partial charge on any atom is 0.140 e. The van der Waals surface area contributed by atoms with Crippen molar-refractivity contribution in [1.29, 1.82) is 5.26 Å². The summed E-state index contributed by atoms with van der Waals surface area (Å²) >= 11 is 0. The van der Waals surface area contributed by atoms with Crippen molar-refractivity contribution in [3.05, 3.63) is 29.6 Å². The summed E-state index contributed by atoms with van der Waals surface area (Å²) < 4.78 is 0. The van der Waals surface area contributed by atoms with Crippen LogP contribution in [-0.4, -0.2) is 11.0 Å². The number of rotatable bonds is 6. The summed E-state index contributed by atoms with van der Waals surface area (Å²) in [5.74, 6) is 0. The zero-order chi connectivity index (χ0) is 11.8. The second kappa shape index (κ2) is 6.97. The first-order chi connectivity index (χ1) is 7.80. The normalized spacial score (nSPS) is 12.1. The monoisotopic (exact) mass is 217 g/mol. The molecule has 1 heterocycles. The number of nitrogens with zero attached hydrogens (tertiary/aromatic N) is 2. The molecular formula is C13H19N3. The Balaban J connectivity index is 2.50. The molecule has 86 valence electrons. The molecule has 1 N–H and O–H groups in total. The van der Waals surface area contributed by atoms with Gasteiger partial charge in [0, 0.05) is 18.8 Å². The van der Waals surface area contributed by atoms with Crippen LogP contribution in [0.25, 0.3) is 0 Å². The van der Waals surface area contributed by atoms with Crippen LogP contribution in [0.4, 0.5) is 0 Å². The van der Waals surface area contributed by atoms with E-state index in [4.69, 9.17) is 5.26 Å². The Labute approximate surface area is 97.5 Å². The number of nitriles is 1. The highest BCUT2D eigenvalue weighted by atomic mass is 14.9. The van der Waals surface area contributed by atoms with Gasteiger partial charge < -0.3 is 5.32 Å². The average Bonchev–Trinajstić information content (AvgIpc) is 2.34. The van der Waals surface area contributed by atoms with E-state index in [2.05, 4.69) is 30.2 Å². The molecule has 16 heavy (non-hydrogen) atoms. The van der Waals surface area contributed by atoms with Crippen molar-refractivity contribution in [2.75, 3.05) is 0 Å². The van der Waals surface area contributed by atoms with Crippen LogP contribution in [0.3, 0.4) is 0 Å². The molecule has 0 fully saturated rings. The van der Waals surface area contributed by atoms with E-state index in [-0.39, 0.29) is 0 Å². The fourth-order valence-corrected chi connectivity index (χ4v) is 1.71. The van der Waals surface area contributed by atoms with E-state index >= 15 is 0 Å². The number of hydrogen-bond donors (Lipinski definition) is 1. The van der Waals surface area contributed by atoms with Crippen LogP contribution in [0.2, 0.25) is 0 Å². The molecule has 1 aromatic rings. The molecule has 0 saturated carbocycles. The Kier molecular flexibility index (Phi) is 5.52. The third kappa shape index (κ3) is 4.00. The van der Waals surface area contributed by atoms with Gasteiger partial charge in [0.15, 0.2) is 0 Å². The summed E-state index contributed by atoms with van der Waals surface area (Å²) in [5, 5.41) is 12.2. The van der Waals surface area contributed by atoms with E-state index in [9.17, 15) is 0 Å². The van der Waals surface area contributed by atoms with E-state index < -0.39 is 0 Å². The number of pyridine rings is 1. The van der Waals surface area contributed by atoms with Crippen molar-refractivity contribution in [3.8, 4) is 6.07 Å². The molecule has 1 rings (SSSR count). The number of nitrogens with one attached hydrogen (secondary N) is 1. The first-order valence-electron chi connectivity index (χ1n) is 5.88. The predicted octanol–water partition coefficient (Wildman–Crippen LogP) is 2.62. The highest BCUT2D eigenvalue weighted by Crippen LogP contribution is 2.05. The van der Waals surface area contributed by atoms with Gasteiger partial charge in [-0.15, -0.1) is 0 Å². The molecule has 0 aromatic carbocycles. The summed E-state index contributed by atoms with van der Waals surface area (Å²) in [6.07, 6.45) is 5.23. The Morgan fingerprint density at radius 3 is 2.94 bits per heavy atom. The molecule has 0 saturated heterocycles. The maximum atomic E-state index is 8.74. The van der Waals surface area contributed by atoms with Crippen LogP contribution < -0.4 is 5.32 Å². The van der Waals surface area contributed by atoms with E-state index in [0.717, 1.165) is 18.5 Å². The molecule has 0 aliphatic carbocycles. The molecule has 1 aromatic heterocycles. The van der Waals surface area contributed by atoms with Gasteiger partial charge in [0.1, 0.15) is 11.8 Å². The van der Waals surface area contributed by atoms with Crippen molar-refractivity contribution in [2.45, 2.75) is 45.7 Å². The highest BCUT2D eigenvalue weighted by Gasteiger charge is 2.04. The summed E-state index contributed by atoms with van der Waals surface area (Å²) in [6.45, 7) is 5.21. The Morgan fingerprint density at radius 2 is 2.31 bits per heavy atom. The van der Waals surface area contributed by atoms with Gasteiger partial charge >= 0.3 is 0 Å². The molecule has 0 bridgehead atoms. The predicted molar refractivity (Wildman–Crippen MR) is 64.8 cm³/mol. The zero-order valence-corrected chi connectivity index (χ0v) is 10.0. The number of aromatic nitrogens is 1. The molecule has 0 spiro atoms. The SMILES string of the molecule is CCCC(CC)NCc1ccnc(C#N)c1. The number of hydrogen-bond acceptors (Lipinski definition) is 3. The standard InChI is InChI=1S/C13H19N3/c1-3-5-12(4-2)16-10-11-6-7-15-13(8-11)9-14/h6-8,12,16H,3-5,10H2,1-2H3. The van der Waals surface area contributed by atoms with Crippen LogP contribution in [0, 0.1) is 11.3 Å². The molecule has 1 atom stereocenters. The Morgan fingerprint density at radius 1 is 1.50 bits per heavy atom. The summed E-state index contributed by atoms with van der Waals surface area (Å²) in [5.41, 5.74) is 1.61. The second-order valence-electron chi connectivity index (χ2n) is 3.94. The minimum absolute atomic E-state index is 0.489. The van der Waals surface area contributed by atoms with Gasteiger partial charge in [-0.2, -0.15) is 5.26 Å². The third-order valence-electron chi connectivity index (χ3n) is 2.66. The first-order valence-corrected chi connectivity index (χ1v) is 5.88. The van der Waals surface area contributed by atoms with Gasteiger partial charge in [-0.05, 0) is 30.5 Å². The second-order valence-corrected chi connectivity index (χ2v) is 3.94. The smallest absolute Gasteiger partial charge is 0.140 e. The molecule has 0 amide bonds. The molecule has 3 nitrogen and oxygen atoms in total. The van der Waals surface area contributed by atoms with Crippen LogP contribution in [0.1, 0.15) is 44.4 Å². The average molecular weight is 217 g/mol. The molecule has 0 aliphatic heterocycles. The summed E-state index contributed by atoms with van der Waals surface area (Å²) in [6, 6.07) is 6.42. The minimum Gasteiger partial charge on any atom is -0.310 e. The molecule has 0 radical (unpaired) electrons. The van der Waals surface area contributed by atoms with Crippen molar-refractivity contribution >= 4 is 0 Å². The maximum absolute atomic E-state index is 8.74. The Bertz CT molecular complexity index is 354. The molecule has 1 unspecified atom stereocenters. The van der Waals surface area contributed by atoms with Crippen molar-refractivity contribution < 1.29 is 0 Å². The summed E-state index contributed by atoms with van der Waals surface area (Å²) in [7, 11) is 0. The van der Waals surface area contributed by atoms with Crippen molar-refractivity contribution in [3.63, 3.8) is 0 Å². The van der Waals surface area contributed by atoms with Gasteiger partial charge in [-0.25, -0.2) is 4.98 Å². The highest BCUT2D eigenvalue weighted by molar-refractivity contribution is 5.25. The van der Waals surface area contributed by atoms with Crippen LogP contribution in [-0.2, 0) is 6.54 Å². The van der Waals surface area contributed by atoms with Gasteiger partial charge in [0.2, 0.25) is 0 Å². The van der Waals surface area contributed by atoms with Gasteiger partial charge in [0.25, 0.3) is 0 Å². The Hall–Kier alpha value is -1.40. The first kappa shape index (κ1) is 12.7. The van der Waals surface area contributed by atoms with Gasteiger partial charge in [-0.3, -0.25) is 0 Å². The van der Waals surface area contributed by atoms with Crippen molar-refractivity contribution in [1.82, 2.24) is 10.3 Å². The zero-order valence-electron chi connectivity index (χ0n) is 10.0. The fraction of sp³-hybridized carbons (Fsp3) is 0.538. The lowest BCUT2D eigenvalue weighted by molar-refractivity contribution is 0.462. The lowest BCUT2D eigenvalue weighted by atomic mass is 10.1. The van der Waals surface area contributed by atoms with E-state index in [1.165, 1.54) is 12.8 Å². The lowest BCUT2D eigenvalue weighted by Crippen LogP contribution is -2.27. The van der Waals surface area contributed by atoms with E-state index in [1.54, 1.807) is 6.20 Å².